The first-order valence-electron chi connectivity index (χ1n) is 11.9. The van der Waals surface area contributed by atoms with Gasteiger partial charge in [-0.05, 0) is 28.8 Å². The topological polar surface area (TPSA) is 72.3 Å². The molecule has 0 atom stereocenters. The molecule has 7 nitrogen and oxygen atoms in total. The van der Waals surface area contributed by atoms with Gasteiger partial charge < -0.3 is 10.1 Å². The summed E-state index contributed by atoms with van der Waals surface area (Å²) in [5.41, 5.74) is 5.45. The molecule has 1 aliphatic rings. The van der Waals surface area contributed by atoms with Gasteiger partial charge in [0.1, 0.15) is 5.69 Å². The van der Waals surface area contributed by atoms with Crippen LogP contribution in [0.1, 0.15) is 27.0 Å². The van der Waals surface area contributed by atoms with E-state index in [4.69, 9.17) is 9.84 Å². The van der Waals surface area contributed by atoms with Crippen molar-refractivity contribution in [3.05, 3.63) is 108 Å². The number of ether oxygens (including phenoxy) is 1. The molecule has 5 rings (SSSR count). The van der Waals surface area contributed by atoms with Crippen molar-refractivity contribution >= 4 is 5.91 Å². The van der Waals surface area contributed by atoms with E-state index in [-0.39, 0.29) is 5.91 Å². The number of amides is 1. The second kappa shape index (κ2) is 11.1. The van der Waals surface area contributed by atoms with Crippen LogP contribution in [0.15, 0.2) is 85.3 Å². The molecule has 3 heterocycles. The number of pyridine rings is 1. The lowest BCUT2D eigenvalue weighted by Crippen LogP contribution is -2.36. The fourth-order valence-corrected chi connectivity index (χ4v) is 4.31. The molecule has 1 amide bonds. The Morgan fingerprint density at radius 2 is 1.69 bits per heavy atom. The standard InChI is InChI=1S/C28H29N5O2/c34-28(30-18-23-9-4-5-10-25(23)20-32-13-15-35-16-14-32)26-21-33(19-22-7-2-1-3-8-22)31-27(26)24-11-6-12-29-17-24/h1-12,17,21H,13-16,18-20H2,(H,30,34). The molecule has 0 radical (unpaired) electrons. The summed E-state index contributed by atoms with van der Waals surface area (Å²) in [7, 11) is 0. The Morgan fingerprint density at radius 1 is 0.914 bits per heavy atom. The van der Waals surface area contributed by atoms with E-state index in [1.54, 1.807) is 12.4 Å². The lowest BCUT2D eigenvalue weighted by molar-refractivity contribution is 0.0340. The van der Waals surface area contributed by atoms with Crippen molar-refractivity contribution in [1.29, 1.82) is 0 Å². The van der Waals surface area contributed by atoms with Crippen molar-refractivity contribution in [3.8, 4) is 11.3 Å². The zero-order valence-electron chi connectivity index (χ0n) is 19.6. The van der Waals surface area contributed by atoms with Crippen LogP contribution < -0.4 is 5.32 Å². The summed E-state index contributed by atoms with van der Waals surface area (Å²) in [4.78, 5) is 20.0. The Balaban J connectivity index is 1.34. The molecule has 2 aromatic heterocycles. The summed E-state index contributed by atoms with van der Waals surface area (Å²) in [5.74, 6) is -0.149. The summed E-state index contributed by atoms with van der Waals surface area (Å²) < 4.78 is 7.29. The number of carbonyl (C=O) groups excluding carboxylic acids is 1. The number of nitrogens with one attached hydrogen (secondary N) is 1. The van der Waals surface area contributed by atoms with Gasteiger partial charge in [-0.1, -0.05) is 54.6 Å². The highest BCUT2D eigenvalue weighted by molar-refractivity contribution is 5.99. The van der Waals surface area contributed by atoms with Gasteiger partial charge in [-0.15, -0.1) is 0 Å². The molecule has 178 valence electrons. The molecule has 0 unspecified atom stereocenters. The Morgan fingerprint density at radius 3 is 2.46 bits per heavy atom. The van der Waals surface area contributed by atoms with Gasteiger partial charge in [-0.3, -0.25) is 19.4 Å². The van der Waals surface area contributed by atoms with E-state index in [1.807, 2.05) is 47.3 Å². The molecule has 0 aliphatic carbocycles. The lowest BCUT2D eigenvalue weighted by Gasteiger charge is -2.27. The predicted octanol–water partition coefficient (Wildman–Crippen LogP) is 3.76. The van der Waals surface area contributed by atoms with Crippen LogP contribution >= 0.6 is 0 Å². The molecule has 4 aromatic rings. The normalized spacial score (nSPS) is 14.1. The van der Waals surface area contributed by atoms with Gasteiger partial charge in [0.05, 0.1) is 25.3 Å². The quantitative estimate of drug-likeness (QED) is 0.427. The third-order valence-electron chi connectivity index (χ3n) is 6.18. The van der Waals surface area contributed by atoms with Crippen molar-refractivity contribution in [2.75, 3.05) is 26.3 Å². The largest absolute Gasteiger partial charge is 0.379 e. The zero-order chi connectivity index (χ0) is 23.9. The summed E-state index contributed by atoms with van der Waals surface area (Å²) in [6, 6.07) is 22.2. The molecular formula is C28H29N5O2. The van der Waals surface area contributed by atoms with Gasteiger partial charge in [-0.2, -0.15) is 5.10 Å². The van der Waals surface area contributed by atoms with Crippen LogP contribution in [-0.2, 0) is 24.4 Å². The second-order valence-corrected chi connectivity index (χ2v) is 8.66. The summed E-state index contributed by atoms with van der Waals surface area (Å²) >= 11 is 0. The van der Waals surface area contributed by atoms with Gasteiger partial charge in [0.25, 0.3) is 5.91 Å². The van der Waals surface area contributed by atoms with Crippen LogP contribution in [0.3, 0.4) is 0 Å². The average molecular weight is 468 g/mol. The first kappa shape index (κ1) is 23.0. The Hall–Kier alpha value is -3.81. The van der Waals surface area contributed by atoms with Gasteiger partial charge in [0, 0.05) is 50.3 Å². The molecule has 7 heteroatoms. The summed E-state index contributed by atoms with van der Waals surface area (Å²) in [6.07, 6.45) is 5.28. The minimum absolute atomic E-state index is 0.149. The highest BCUT2D eigenvalue weighted by Crippen LogP contribution is 2.22. The van der Waals surface area contributed by atoms with Crippen molar-refractivity contribution in [2.24, 2.45) is 0 Å². The number of hydrogen-bond acceptors (Lipinski definition) is 5. The van der Waals surface area contributed by atoms with E-state index < -0.39 is 0 Å². The zero-order valence-corrected chi connectivity index (χ0v) is 19.6. The maximum atomic E-state index is 13.4. The number of hydrogen-bond donors (Lipinski definition) is 1. The van der Waals surface area contributed by atoms with Crippen molar-refractivity contribution in [1.82, 2.24) is 25.0 Å². The van der Waals surface area contributed by atoms with Crippen LogP contribution in [-0.4, -0.2) is 51.9 Å². The molecule has 1 aliphatic heterocycles. The highest BCUT2D eigenvalue weighted by atomic mass is 16.5. The van der Waals surface area contributed by atoms with Crippen molar-refractivity contribution < 1.29 is 9.53 Å². The molecule has 0 saturated carbocycles. The second-order valence-electron chi connectivity index (χ2n) is 8.66. The Kier molecular flexibility index (Phi) is 7.27. The predicted molar refractivity (Wildman–Crippen MR) is 135 cm³/mol. The number of carbonyl (C=O) groups is 1. The number of morpholine rings is 1. The third-order valence-corrected chi connectivity index (χ3v) is 6.18. The van der Waals surface area contributed by atoms with Crippen molar-refractivity contribution in [2.45, 2.75) is 19.6 Å². The maximum absolute atomic E-state index is 13.4. The number of benzene rings is 2. The van der Waals surface area contributed by atoms with Crippen molar-refractivity contribution in [3.63, 3.8) is 0 Å². The van der Waals surface area contributed by atoms with Gasteiger partial charge in [-0.25, -0.2) is 0 Å². The van der Waals surface area contributed by atoms with Crippen LogP contribution in [0.4, 0.5) is 0 Å². The first-order chi connectivity index (χ1) is 17.3. The van der Waals surface area contributed by atoms with E-state index >= 15 is 0 Å². The smallest absolute Gasteiger partial charge is 0.255 e. The number of rotatable bonds is 8. The van der Waals surface area contributed by atoms with Crippen LogP contribution in [0.2, 0.25) is 0 Å². The SMILES string of the molecule is O=C(NCc1ccccc1CN1CCOCC1)c1cn(Cc2ccccc2)nc1-c1cccnc1. The minimum Gasteiger partial charge on any atom is -0.379 e. The highest BCUT2D eigenvalue weighted by Gasteiger charge is 2.19. The van der Waals surface area contributed by atoms with E-state index in [1.165, 1.54) is 5.56 Å². The van der Waals surface area contributed by atoms with Gasteiger partial charge >= 0.3 is 0 Å². The number of nitrogens with zero attached hydrogens (tertiary/aromatic N) is 4. The van der Waals surface area contributed by atoms with Gasteiger partial charge in [0.15, 0.2) is 0 Å². The Bertz CT molecular complexity index is 1250. The monoisotopic (exact) mass is 467 g/mol. The van der Waals surface area contributed by atoms with E-state index in [0.29, 0.717) is 24.3 Å². The molecule has 1 saturated heterocycles. The van der Waals surface area contributed by atoms with Crippen LogP contribution in [0, 0.1) is 0 Å². The molecule has 0 bridgehead atoms. The molecule has 35 heavy (non-hydrogen) atoms. The molecule has 1 N–H and O–H groups in total. The van der Waals surface area contributed by atoms with E-state index in [9.17, 15) is 4.79 Å². The van der Waals surface area contributed by atoms with Crippen LogP contribution in [0.25, 0.3) is 11.3 Å². The fraction of sp³-hybridized carbons (Fsp3) is 0.250. The van der Waals surface area contributed by atoms with E-state index in [0.717, 1.165) is 49.5 Å². The molecule has 1 fully saturated rings. The minimum atomic E-state index is -0.149. The molecule has 0 spiro atoms. The number of aromatic nitrogens is 3. The fourth-order valence-electron chi connectivity index (χ4n) is 4.31. The van der Waals surface area contributed by atoms with Crippen LogP contribution in [0.5, 0.6) is 0 Å². The molecular weight excluding hydrogens is 438 g/mol. The average Bonchev–Trinajstić information content (AvgIpc) is 3.33. The first-order valence-corrected chi connectivity index (χ1v) is 11.9. The Labute approximate surface area is 205 Å². The van der Waals surface area contributed by atoms with E-state index in [2.05, 4.69) is 45.5 Å². The molecule has 2 aromatic carbocycles. The lowest BCUT2D eigenvalue weighted by atomic mass is 10.1. The maximum Gasteiger partial charge on any atom is 0.255 e. The summed E-state index contributed by atoms with van der Waals surface area (Å²) in [6.45, 7) is 5.28. The summed E-state index contributed by atoms with van der Waals surface area (Å²) in [5, 5.41) is 7.87. The third kappa shape index (κ3) is 5.82. The van der Waals surface area contributed by atoms with Gasteiger partial charge in [0.2, 0.25) is 0 Å².